The Kier molecular flexibility index (Phi) is 4.74. The van der Waals surface area contributed by atoms with Crippen molar-refractivity contribution in [2.24, 2.45) is 4.99 Å². The van der Waals surface area contributed by atoms with Crippen LogP contribution in [-0.4, -0.2) is 18.3 Å². The van der Waals surface area contributed by atoms with Gasteiger partial charge in [0.05, 0.1) is 23.6 Å². The highest BCUT2D eigenvalue weighted by Gasteiger charge is 2.35. The number of benzene rings is 1. The first-order valence-electron chi connectivity index (χ1n) is 6.83. The van der Waals surface area contributed by atoms with Crippen molar-refractivity contribution in [2.75, 3.05) is 12.3 Å². The van der Waals surface area contributed by atoms with Crippen LogP contribution in [0.15, 0.2) is 29.3 Å². The van der Waals surface area contributed by atoms with E-state index in [1.54, 1.807) is 13.0 Å². The number of aromatic nitrogens is 1. The van der Waals surface area contributed by atoms with Crippen LogP contribution in [-0.2, 0) is 6.18 Å². The second-order valence-electron chi connectivity index (χ2n) is 4.71. The first-order chi connectivity index (χ1) is 11.3. The van der Waals surface area contributed by atoms with Crippen molar-refractivity contribution in [1.29, 1.82) is 5.26 Å². The molecule has 2 rings (SSSR count). The van der Waals surface area contributed by atoms with Gasteiger partial charge in [0, 0.05) is 5.56 Å². The summed E-state index contributed by atoms with van der Waals surface area (Å²) in [4.78, 5) is 7.62. The molecule has 2 N–H and O–H groups in total. The Morgan fingerprint density at radius 3 is 2.62 bits per heavy atom. The Hall–Kier alpha value is -3.08. The average Bonchev–Trinajstić information content (AvgIpc) is 2.53. The maximum atomic E-state index is 13.2. The minimum atomic E-state index is -4.59. The van der Waals surface area contributed by atoms with Crippen LogP contribution >= 0.6 is 0 Å². The van der Waals surface area contributed by atoms with Crippen LogP contribution in [0.2, 0.25) is 0 Å². The first-order valence-corrected chi connectivity index (χ1v) is 6.83. The maximum absolute atomic E-state index is 13.2. The fourth-order valence-electron chi connectivity index (χ4n) is 2.14. The molecule has 124 valence electrons. The number of nitrogens with zero attached hydrogens (tertiary/aromatic N) is 3. The zero-order valence-electron chi connectivity index (χ0n) is 12.7. The summed E-state index contributed by atoms with van der Waals surface area (Å²) < 4.78 is 44.6. The average molecular weight is 334 g/mol. The fourth-order valence-corrected chi connectivity index (χ4v) is 2.14. The second-order valence-corrected chi connectivity index (χ2v) is 4.71. The van der Waals surface area contributed by atoms with E-state index in [1.165, 1.54) is 18.2 Å². The van der Waals surface area contributed by atoms with E-state index in [0.717, 1.165) is 6.07 Å². The third kappa shape index (κ3) is 3.30. The standard InChI is InChI=1S/C16H13F3N4O/c1-3-24-14-5-4-9(6-10(14)16(17,18)19)12-7-11(21)15(22-2)13(8-20)23-12/h4-7H,2-3H2,1H3,(H2,21,23). The molecule has 0 aliphatic carbocycles. The minimum Gasteiger partial charge on any atom is -0.493 e. The Morgan fingerprint density at radius 2 is 2.08 bits per heavy atom. The molecule has 0 bridgehead atoms. The van der Waals surface area contributed by atoms with Gasteiger partial charge in [-0.05, 0) is 37.9 Å². The molecular formula is C16H13F3N4O. The molecule has 0 fully saturated rings. The van der Waals surface area contributed by atoms with Gasteiger partial charge in [0.2, 0.25) is 0 Å². The van der Waals surface area contributed by atoms with E-state index in [9.17, 15) is 13.2 Å². The number of aliphatic imine (C=N–C) groups is 1. The van der Waals surface area contributed by atoms with Crippen molar-refractivity contribution < 1.29 is 17.9 Å². The molecule has 0 spiro atoms. The van der Waals surface area contributed by atoms with Crippen LogP contribution in [0.1, 0.15) is 18.2 Å². The van der Waals surface area contributed by atoms with Crippen LogP contribution < -0.4 is 10.5 Å². The van der Waals surface area contributed by atoms with Crippen LogP contribution in [0.3, 0.4) is 0 Å². The van der Waals surface area contributed by atoms with Crippen molar-refractivity contribution in [2.45, 2.75) is 13.1 Å². The van der Waals surface area contributed by atoms with E-state index in [4.69, 9.17) is 15.7 Å². The molecule has 1 aromatic carbocycles. The number of anilines is 1. The zero-order chi connectivity index (χ0) is 17.9. The van der Waals surface area contributed by atoms with Crippen LogP contribution in [0.25, 0.3) is 11.3 Å². The molecule has 0 aliphatic rings. The van der Waals surface area contributed by atoms with Crippen LogP contribution in [0.4, 0.5) is 24.5 Å². The van der Waals surface area contributed by atoms with Crippen LogP contribution in [0, 0.1) is 11.3 Å². The lowest BCUT2D eigenvalue weighted by Crippen LogP contribution is -2.09. The third-order valence-corrected chi connectivity index (χ3v) is 3.17. The lowest BCUT2D eigenvalue weighted by atomic mass is 10.0. The first kappa shape index (κ1) is 17.3. The summed E-state index contributed by atoms with van der Waals surface area (Å²) in [6, 6.07) is 6.70. The molecule has 0 unspecified atom stereocenters. The Labute approximate surface area is 136 Å². The predicted octanol–water partition coefficient (Wildman–Crippen LogP) is 3.95. The molecule has 0 radical (unpaired) electrons. The van der Waals surface area contributed by atoms with E-state index in [-0.39, 0.29) is 40.7 Å². The second kappa shape index (κ2) is 6.58. The molecule has 0 saturated carbocycles. The Bertz CT molecular complexity index is 825. The molecule has 0 aliphatic heterocycles. The van der Waals surface area contributed by atoms with Crippen molar-refractivity contribution in [3.8, 4) is 23.1 Å². The number of ether oxygens (including phenoxy) is 1. The predicted molar refractivity (Wildman–Crippen MR) is 84.2 cm³/mol. The van der Waals surface area contributed by atoms with E-state index >= 15 is 0 Å². The smallest absolute Gasteiger partial charge is 0.419 e. The quantitative estimate of drug-likeness (QED) is 0.858. The van der Waals surface area contributed by atoms with Gasteiger partial charge in [-0.15, -0.1) is 0 Å². The molecular weight excluding hydrogens is 321 g/mol. The van der Waals surface area contributed by atoms with E-state index < -0.39 is 11.7 Å². The summed E-state index contributed by atoms with van der Waals surface area (Å²) in [5.74, 6) is -0.272. The van der Waals surface area contributed by atoms with Gasteiger partial charge < -0.3 is 10.5 Å². The van der Waals surface area contributed by atoms with Crippen molar-refractivity contribution >= 4 is 18.1 Å². The van der Waals surface area contributed by atoms with E-state index in [1.807, 2.05) is 0 Å². The van der Waals surface area contributed by atoms with Crippen molar-refractivity contribution in [1.82, 2.24) is 4.98 Å². The molecule has 2 aromatic rings. The highest BCUT2D eigenvalue weighted by Crippen LogP contribution is 2.39. The Balaban J connectivity index is 2.64. The number of nitrogens with two attached hydrogens (primary N) is 1. The molecule has 1 aromatic heterocycles. The van der Waals surface area contributed by atoms with Gasteiger partial charge in [-0.25, -0.2) is 4.98 Å². The number of alkyl halides is 3. The number of hydrogen-bond donors (Lipinski definition) is 1. The lowest BCUT2D eigenvalue weighted by molar-refractivity contribution is -0.138. The fraction of sp³-hybridized carbons (Fsp3) is 0.188. The summed E-state index contributed by atoms with van der Waals surface area (Å²) >= 11 is 0. The van der Waals surface area contributed by atoms with Crippen LogP contribution in [0.5, 0.6) is 5.75 Å². The van der Waals surface area contributed by atoms with Gasteiger partial charge in [-0.1, -0.05) is 0 Å². The number of halogens is 3. The van der Waals surface area contributed by atoms with E-state index in [2.05, 4.69) is 16.7 Å². The summed E-state index contributed by atoms with van der Waals surface area (Å²) in [5.41, 5.74) is 5.23. The molecule has 0 amide bonds. The summed E-state index contributed by atoms with van der Waals surface area (Å²) in [7, 11) is 0. The molecule has 0 saturated heterocycles. The molecule has 8 heteroatoms. The normalized spacial score (nSPS) is 11.0. The number of nitriles is 1. The highest BCUT2D eigenvalue weighted by molar-refractivity contribution is 5.76. The van der Waals surface area contributed by atoms with Crippen molar-refractivity contribution in [3.63, 3.8) is 0 Å². The number of nitrogen functional groups attached to an aromatic ring is 1. The maximum Gasteiger partial charge on any atom is 0.419 e. The number of rotatable bonds is 4. The number of hydrogen-bond acceptors (Lipinski definition) is 5. The van der Waals surface area contributed by atoms with Gasteiger partial charge in [0.1, 0.15) is 17.5 Å². The van der Waals surface area contributed by atoms with Gasteiger partial charge >= 0.3 is 6.18 Å². The van der Waals surface area contributed by atoms with Gasteiger partial charge in [-0.3, -0.25) is 4.99 Å². The minimum absolute atomic E-state index is 0.100. The molecule has 24 heavy (non-hydrogen) atoms. The number of pyridine rings is 1. The zero-order valence-corrected chi connectivity index (χ0v) is 12.7. The molecule has 0 atom stereocenters. The Morgan fingerprint density at radius 1 is 1.38 bits per heavy atom. The van der Waals surface area contributed by atoms with Crippen molar-refractivity contribution in [3.05, 3.63) is 35.5 Å². The largest absolute Gasteiger partial charge is 0.493 e. The van der Waals surface area contributed by atoms with Gasteiger partial charge in [0.25, 0.3) is 0 Å². The van der Waals surface area contributed by atoms with Gasteiger partial charge in [-0.2, -0.15) is 18.4 Å². The summed E-state index contributed by atoms with van der Waals surface area (Å²) in [6.07, 6.45) is -4.59. The summed E-state index contributed by atoms with van der Waals surface area (Å²) in [6.45, 7) is 4.99. The third-order valence-electron chi connectivity index (χ3n) is 3.17. The van der Waals surface area contributed by atoms with E-state index in [0.29, 0.717) is 0 Å². The summed E-state index contributed by atoms with van der Waals surface area (Å²) in [5, 5.41) is 9.09. The lowest BCUT2D eigenvalue weighted by Gasteiger charge is -2.15. The SMILES string of the molecule is C=Nc1c(N)cc(-c2ccc(OCC)c(C(F)(F)F)c2)nc1C#N. The molecule has 1 heterocycles. The monoisotopic (exact) mass is 334 g/mol. The van der Waals surface area contributed by atoms with Gasteiger partial charge in [0.15, 0.2) is 5.69 Å². The highest BCUT2D eigenvalue weighted by atomic mass is 19.4. The topological polar surface area (TPSA) is 84.3 Å². The molecule has 5 nitrogen and oxygen atoms in total.